The first-order chi connectivity index (χ1) is 15.6. The lowest BCUT2D eigenvalue weighted by atomic mass is 10.2. The summed E-state index contributed by atoms with van der Waals surface area (Å²) in [6, 6.07) is 21.2. The Morgan fingerprint density at radius 3 is 2.56 bits per heavy atom. The highest BCUT2D eigenvalue weighted by molar-refractivity contribution is 9.10. The van der Waals surface area contributed by atoms with Gasteiger partial charge in [-0.2, -0.15) is 5.10 Å². The van der Waals surface area contributed by atoms with E-state index in [0.717, 1.165) is 27.6 Å². The van der Waals surface area contributed by atoms with Crippen molar-refractivity contribution in [2.75, 3.05) is 13.7 Å². The highest BCUT2D eigenvalue weighted by Crippen LogP contribution is 2.36. The van der Waals surface area contributed by atoms with Gasteiger partial charge in [-0.3, -0.25) is 4.79 Å². The summed E-state index contributed by atoms with van der Waals surface area (Å²) in [6.45, 7) is 2.36. The first kappa shape index (κ1) is 23.3. The van der Waals surface area contributed by atoms with Gasteiger partial charge in [-0.1, -0.05) is 49.4 Å². The molecule has 0 bridgehead atoms. The Labute approximate surface area is 196 Å². The SMILES string of the molecule is CCc1cccc(OCC(=O)N/N=C/c2cc(Br)c(OCc3ccccc3)c(OC)c2)c1. The Hall–Kier alpha value is -3.32. The standard InChI is InChI=1S/C25H25BrN2O4/c1-3-18-10-7-11-21(12-18)31-17-24(29)28-27-15-20-13-22(26)25(23(14-20)30-2)32-16-19-8-5-4-6-9-19/h4-15H,3,16-17H2,1-2H3,(H,28,29)/b27-15+. The number of carbonyl (C=O) groups excluding carboxylic acids is 1. The third-order valence-electron chi connectivity index (χ3n) is 4.56. The lowest BCUT2D eigenvalue weighted by molar-refractivity contribution is -0.123. The summed E-state index contributed by atoms with van der Waals surface area (Å²) in [5.74, 6) is 1.46. The van der Waals surface area contributed by atoms with E-state index in [9.17, 15) is 4.79 Å². The molecule has 0 spiro atoms. The van der Waals surface area contributed by atoms with Crippen LogP contribution in [0.5, 0.6) is 17.2 Å². The Morgan fingerprint density at radius 2 is 1.81 bits per heavy atom. The zero-order valence-electron chi connectivity index (χ0n) is 18.0. The number of hydrogen-bond acceptors (Lipinski definition) is 5. The fourth-order valence-corrected chi connectivity index (χ4v) is 3.47. The summed E-state index contributed by atoms with van der Waals surface area (Å²) in [7, 11) is 1.57. The molecule has 3 rings (SSSR count). The van der Waals surface area contributed by atoms with Gasteiger partial charge in [0.1, 0.15) is 12.4 Å². The summed E-state index contributed by atoms with van der Waals surface area (Å²) in [5.41, 5.74) is 5.40. The molecule has 166 valence electrons. The van der Waals surface area contributed by atoms with E-state index in [1.165, 1.54) is 6.21 Å². The van der Waals surface area contributed by atoms with Gasteiger partial charge >= 0.3 is 0 Å². The summed E-state index contributed by atoms with van der Waals surface area (Å²) >= 11 is 3.52. The predicted octanol–water partition coefficient (Wildman–Crippen LogP) is 5.13. The first-order valence-electron chi connectivity index (χ1n) is 10.2. The fraction of sp³-hybridized carbons (Fsp3) is 0.200. The van der Waals surface area contributed by atoms with Crippen LogP contribution in [0.4, 0.5) is 0 Å². The molecule has 1 amide bonds. The van der Waals surface area contributed by atoms with E-state index < -0.39 is 0 Å². The van der Waals surface area contributed by atoms with Gasteiger partial charge in [0.25, 0.3) is 5.91 Å². The Balaban J connectivity index is 1.56. The molecule has 1 N–H and O–H groups in total. The maximum atomic E-state index is 12.0. The topological polar surface area (TPSA) is 69.2 Å². The van der Waals surface area contributed by atoms with Crippen LogP contribution in [-0.2, 0) is 17.8 Å². The average molecular weight is 497 g/mol. The molecule has 0 heterocycles. The van der Waals surface area contributed by atoms with Gasteiger partial charge in [0.15, 0.2) is 18.1 Å². The molecule has 6 nitrogen and oxygen atoms in total. The number of rotatable bonds is 10. The number of nitrogens with zero attached hydrogens (tertiary/aromatic N) is 1. The summed E-state index contributed by atoms with van der Waals surface area (Å²) in [4.78, 5) is 12.0. The van der Waals surface area contributed by atoms with Crippen molar-refractivity contribution in [3.05, 3.63) is 87.9 Å². The summed E-state index contributed by atoms with van der Waals surface area (Å²) in [5, 5.41) is 4.01. The molecule has 0 aliphatic heterocycles. The highest BCUT2D eigenvalue weighted by atomic mass is 79.9. The second-order valence-electron chi connectivity index (χ2n) is 6.89. The Morgan fingerprint density at radius 1 is 1.03 bits per heavy atom. The molecule has 0 unspecified atom stereocenters. The smallest absolute Gasteiger partial charge is 0.277 e. The first-order valence-corrected chi connectivity index (χ1v) is 11.0. The van der Waals surface area contributed by atoms with Crippen molar-refractivity contribution in [1.82, 2.24) is 5.43 Å². The van der Waals surface area contributed by atoms with Crippen LogP contribution in [0.15, 0.2) is 76.3 Å². The van der Waals surface area contributed by atoms with Gasteiger partial charge in [-0.05, 0) is 63.3 Å². The molecule has 0 aromatic heterocycles. The molecule has 0 aliphatic rings. The van der Waals surface area contributed by atoms with Crippen molar-refractivity contribution in [3.63, 3.8) is 0 Å². The molecular formula is C25H25BrN2O4. The van der Waals surface area contributed by atoms with Gasteiger partial charge in [0.05, 0.1) is 17.8 Å². The van der Waals surface area contributed by atoms with Crippen LogP contribution < -0.4 is 19.6 Å². The largest absolute Gasteiger partial charge is 0.493 e. The van der Waals surface area contributed by atoms with E-state index in [0.29, 0.717) is 23.9 Å². The molecule has 0 saturated heterocycles. The van der Waals surface area contributed by atoms with Crippen molar-refractivity contribution < 1.29 is 19.0 Å². The molecule has 0 atom stereocenters. The molecule has 3 aromatic carbocycles. The molecule has 32 heavy (non-hydrogen) atoms. The van der Waals surface area contributed by atoms with E-state index in [1.54, 1.807) is 13.2 Å². The monoisotopic (exact) mass is 496 g/mol. The second kappa shape index (κ2) is 11.9. The lowest BCUT2D eigenvalue weighted by Gasteiger charge is -2.13. The van der Waals surface area contributed by atoms with Gasteiger partial charge in [0.2, 0.25) is 0 Å². The number of carbonyl (C=O) groups is 1. The van der Waals surface area contributed by atoms with Crippen molar-refractivity contribution in [1.29, 1.82) is 0 Å². The Bertz CT molecular complexity index is 1070. The third kappa shape index (κ3) is 6.85. The van der Waals surface area contributed by atoms with Crippen molar-refractivity contribution in [3.8, 4) is 17.2 Å². The number of aryl methyl sites for hydroxylation is 1. The van der Waals surface area contributed by atoms with E-state index in [2.05, 4.69) is 33.4 Å². The van der Waals surface area contributed by atoms with Crippen LogP contribution >= 0.6 is 15.9 Å². The van der Waals surface area contributed by atoms with Crippen LogP contribution in [-0.4, -0.2) is 25.8 Å². The van der Waals surface area contributed by atoms with Gasteiger partial charge in [-0.25, -0.2) is 5.43 Å². The van der Waals surface area contributed by atoms with Crippen LogP contribution in [0.1, 0.15) is 23.6 Å². The second-order valence-corrected chi connectivity index (χ2v) is 7.75. The zero-order chi connectivity index (χ0) is 22.8. The van der Waals surface area contributed by atoms with Crippen molar-refractivity contribution in [2.45, 2.75) is 20.0 Å². The average Bonchev–Trinajstić information content (AvgIpc) is 2.82. The highest BCUT2D eigenvalue weighted by Gasteiger charge is 2.12. The minimum Gasteiger partial charge on any atom is -0.493 e. The lowest BCUT2D eigenvalue weighted by Crippen LogP contribution is -2.24. The third-order valence-corrected chi connectivity index (χ3v) is 5.15. The molecule has 3 aromatic rings. The molecule has 0 saturated carbocycles. The molecule has 0 aliphatic carbocycles. The predicted molar refractivity (Wildman–Crippen MR) is 129 cm³/mol. The number of benzene rings is 3. The van der Waals surface area contributed by atoms with Gasteiger partial charge in [-0.15, -0.1) is 0 Å². The van der Waals surface area contributed by atoms with Gasteiger partial charge < -0.3 is 14.2 Å². The molecule has 7 heteroatoms. The van der Waals surface area contributed by atoms with Gasteiger partial charge in [0, 0.05) is 0 Å². The van der Waals surface area contributed by atoms with E-state index in [-0.39, 0.29) is 12.5 Å². The maximum absolute atomic E-state index is 12.0. The number of amides is 1. The Kier molecular flexibility index (Phi) is 8.69. The minimum atomic E-state index is -0.350. The van der Waals surface area contributed by atoms with Crippen LogP contribution in [0.2, 0.25) is 0 Å². The normalized spacial score (nSPS) is 10.7. The number of ether oxygens (including phenoxy) is 3. The molecular weight excluding hydrogens is 472 g/mol. The number of hydrogen-bond donors (Lipinski definition) is 1. The summed E-state index contributed by atoms with van der Waals surface area (Å²) < 4.78 is 17.6. The maximum Gasteiger partial charge on any atom is 0.277 e. The van der Waals surface area contributed by atoms with Crippen LogP contribution in [0.25, 0.3) is 0 Å². The summed E-state index contributed by atoms with van der Waals surface area (Å²) in [6.07, 6.45) is 2.44. The molecule has 0 fully saturated rings. The van der Waals surface area contributed by atoms with Crippen molar-refractivity contribution in [2.24, 2.45) is 5.10 Å². The fourth-order valence-electron chi connectivity index (χ4n) is 2.90. The van der Waals surface area contributed by atoms with E-state index >= 15 is 0 Å². The molecule has 0 radical (unpaired) electrons. The quantitative estimate of drug-likeness (QED) is 0.312. The number of nitrogens with one attached hydrogen (secondary N) is 1. The minimum absolute atomic E-state index is 0.121. The number of methoxy groups -OCH3 is 1. The zero-order valence-corrected chi connectivity index (χ0v) is 19.6. The van der Waals surface area contributed by atoms with Crippen LogP contribution in [0, 0.1) is 0 Å². The number of hydrazone groups is 1. The van der Waals surface area contributed by atoms with Crippen LogP contribution in [0.3, 0.4) is 0 Å². The van der Waals surface area contributed by atoms with E-state index in [4.69, 9.17) is 14.2 Å². The number of halogens is 1. The van der Waals surface area contributed by atoms with Crippen molar-refractivity contribution >= 4 is 28.1 Å². The van der Waals surface area contributed by atoms with E-state index in [1.807, 2.05) is 60.7 Å².